The fourth-order valence-electron chi connectivity index (χ4n) is 2.86. The molecule has 0 spiro atoms. The molecule has 1 aliphatic heterocycles. The maximum absolute atomic E-state index is 12.5. The van der Waals surface area contributed by atoms with Gasteiger partial charge in [-0.3, -0.25) is 9.59 Å². The molecule has 0 aliphatic carbocycles. The first-order valence-corrected chi connectivity index (χ1v) is 8.43. The Balaban J connectivity index is 2.20. The van der Waals surface area contributed by atoms with Crippen LogP contribution in [0.2, 0.25) is 0 Å². The van der Waals surface area contributed by atoms with E-state index in [-0.39, 0.29) is 5.91 Å². The summed E-state index contributed by atoms with van der Waals surface area (Å²) >= 11 is 4.76. The summed E-state index contributed by atoms with van der Waals surface area (Å²) in [5.74, 6) is -0.838. The molecule has 1 amide bonds. The highest BCUT2D eigenvalue weighted by Crippen LogP contribution is 2.36. The highest BCUT2D eigenvalue weighted by atomic mass is 79.9. The largest absolute Gasteiger partial charge is 0.481 e. The van der Waals surface area contributed by atoms with Gasteiger partial charge < -0.3 is 10.0 Å². The van der Waals surface area contributed by atoms with Crippen LogP contribution in [-0.4, -0.2) is 35.0 Å². The molecule has 1 saturated heterocycles. The zero-order chi connectivity index (χ0) is 14.8. The van der Waals surface area contributed by atoms with Gasteiger partial charge in [-0.15, -0.1) is 11.3 Å². The Labute approximate surface area is 130 Å². The monoisotopic (exact) mass is 359 g/mol. The van der Waals surface area contributed by atoms with E-state index < -0.39 is 11.4 Å². The molecular weight excluding hydrogens is 342 g/mol. The molecule has 0 bridgehead atoms. The topological polar surface area (TPSA) is 57.6 Å². The highest BCUT2D eigenvalue weighted by molar-refractivity contribution is 9.10. The molecule has 0 radical (unpaired) electrons. The number of hydrogen-bond donors (Lipinski definition) is 1. The molecule has 1 N–H and O–H groups in total. The number of carboxylic acids is 1. The van der Waals surface area contributed by atoms with Gasteiger partial charge >= 0.3 is 5.97 Å². The van der Waals surface area contributed by atoms with Crippen LogP contribution in [0, 0.1) is 5.41 Å². The Hall–Kier alpha value is -0.880. The highest BCUT2D eigenvalue weighted by Gasteiger charge is 2.43. The minimum Gasteiger partial charge on any atom is -0.481 e. The number of nitrogens with zero attached hydrogens (tertiary/aromatic N) is 1. The van der Waals surface area contributed by atoms with Crippen molar-refractivity contribution >= 4 is 39.1 Å². The standard InChI is InChI=1S/C14H18BrNO3S/c1-2-5-14(13(18)19)6-3-7-16(9-14)12(17)11-10(15)4-8-20-11/h4,8H,2-3,5-7,9H2,1H3,(H,18,19). The minimum atomic E-state index is -0.776. The van der Waals surface area contributed by atoms with Crippen molar-refractivity contribution in [2.24, 2.45) is 5.41 Å². The number of halogens is 1. The van der Waals surface area contributed by atoms with E-state index in [1.54, 1.807) is 4.90 Å². The molecule has 2 rings (SSSR count). The fourth-order valence-corrected chi connectivity index (χ4v) is 4.37. The maximum Gasteiger partial charge on any atom is 0.311 e. The lowest BCUT2D eigenvalue weighted by Gasteiger charge is -2.39. The Morgan fingerprint density at radius 1 is 1.55 bits per heavy atom. The van der Waals surface area contributed by atoms with E-state index in [4.69, 9.17) is 0 Å². The molecule has 4 nitrogen and oxygen atoms in total. The van der Waals surface area contributed by atoms with Crippen LogP contribution in [0.4, 0.5) is 0 Å². The van der Waals surface area contributed by atoms with Crippen LogP contribution >= 0.6 is 27.3 Å². The second kappa shape index (κ2) is 6.26. The number of aliphatic carboxylic acids is 1. The van der Waals surface area contributed by atoms with Gasteiger partial charge in [-0.2, -0.15) is 0 Å². The van der Waals surface area contributed by atoms with Gasteiger partial charge in [0, 0.05) is 17.6 Å². The second-order valence-electron chi connectivity index (χ2n) is 5.26. The van der Waals surface area contributed by atoms with Crippen LogP contribution in [0.15, 0.2) is 15.9 Å². The molecule has 6 heteroatoms. The van der Waals surface area contributed by atoms with Gasteiger partial charge in [0.15, 0.2) is 0 Å². The van der Waals surface area contributed by atoms with Crippen molar-refractivity contribution in [2.75, 3.05) is 13.1 Å². The van der Waals surface area contributed by atoms with Crippen molar-refractivity contribution in [2.45, 2.75) is 32.6 Å². The van der Waals surface area contributed by atoms with E-state index >= 15 is 0 Å². The van der Waals surface area contributed by atoms with Crippen LogP contribution in [0.5, 0.6) is 0 Å². The van der Waals surface area contributed by atoms with E-state index in [9.17, 15) is 14.7 Å². The smallest absolute Gasteiger partial charge is 0.311 e. The van der Waals surface area contributed by atoms with Crippen molar-refractivity contribution < 1.29 is 14.7 Å². The normalized spacial score (nSPS) is 22.8. The van der Waals surface area contributed by atoms with Crippen LogP contribution in [0.1, 0.15) is 42.3 Å². The number of carboxylic acid groups (broad SMARTS) is 1. The Morgan fingerprint density at radius 2 is 2.30 bits per heavy atom. The summed E-state index contributed by atoms with van der Waals surface area (Å²) in [6, 6.07) is 1.85. The Bertz CT molecular complexity index is 512. The summed E-state index contributed by atoms with van der Waals surface area (Å²) in [6.07, 6.45) is 2.85. The van der Waals surface area contributed by atoms with Crippen LogP contribution in [-0.2, 0) is 4.79 Å². The minimum absolute atomic E-state index is 0.0618. The van der Waals surface area contributed by atoms with Crippen molar-refractivity contribution in [3.63, 3.8) is 0 Å². The number of carbonyl (C=O) groups is 2. The molecule has 2 heterocycles. The zero-order valence-electron chi connectivity index (χ0n) is 11.4. The van der Waals surface area contributed by atoms with Crippen molar-refractivity contribution in [1.29, 1.82) is 0 Å². The Kier molecular flexibility index (Phi) is 4.86. The first-order valence-electron chi connectivity index (χ1n) is 6.76. The van der Waals surface area contributed by atoms with Crippen LogP contribution in [0.25, 0.3) is 0 Å². The first kappa shape index (κ1) is 15.5. The molecule has 0 saturated carbocycles. The second-order valence-corrected chi connectivity index (χ2v) is 7.03. The average molecular weight is 360 g/mol. The summed E-state index contributed by atoms with van der Waals surface area (Å²) in [5.41, 5.74) is -0.771. The van der Waals surface area contributed by atoms with Crippen molar-refractivity contribution in [3.8, 4) is 0 Å². The quantitative estimate of drug-likeness (QED) is 0.892. The summed E-state index contributed by atoms with van der Waals surface area (Å²) in [5, 5.41) is 11.4. The van der Waals surface area contributed by atoms with Gasteiger partial charge in [-0.25, -0.2) is 0 Å². The van der Waals surface area contributed by atoms with Gasteiger partial charge in [0.05, 0.1) is 5.41 Å². The molecule has 110 valence electrons. The van der Waals surface area contributed by atoms with Gasteiger partial charge in [-0.1, -0.05) is 13.3 Å². The van der Waals surface area contributed by atoms with E-state index in [0.717, 1.165) is 17.3 Å². The summed E-state index contributed by atoms with van der Waals surface area (Å²) in [7, 11) is 0. The van der Waals surface area contributed by atoms with E-state index in [1.165, 1.54) is 11.3 Å². The summed E-state index contributed by atoms with van der Waals surface area (Å²) in [6.45, 7) is 2.95. The molecule has 1 aromatic heterocycles. The number of piperidine rings is 1. The summed E-state index contributed by atoms with van der Waals surface area (Å²) in [4.78, 5) is 26.5. The van der Waals surface area contributed by atoms with Gasteiger partial charge in [-0.05, 0) is 46.6 Å². The maximum atomic E-state index is 12.5. The lowest BCUT2D eigenvalue weighted by Crippen LogP contribution is -2.49. The fraction of sp³-hybridized carbons (Fsp3) is 0.571. The third-order valence-electron chi connectivity index (χ3n) is 3.86. The molecule has 1 atom stereocenters. The number of rotatable bonds is 4. The van der Waals surface area contributed by atoms with Gasteiger partial charge in [0.25, 0.3) is 5.91 Å². The molecule has 1 aromatic rings. The molecule has 1 fully saturated rings. The third-order valence-corrected chi connectivity index (χ3v) is 5.68. The lowest BCUT2D eigenvalue weighted by atomic mass is 9.76. The third kappa shape index (κ3) is 2.91. The number of hydrogen-bond acceptors (Lipinski definition) is 3. The summed E-state index contributed by atoms with van der Waals surface area (Å²) < 4.78 is 0.787. The number of likely N-dealkylation sites (tertiary alicyclic amines) is 1. The Morgan fingerprint density at radius 3 is 2.85 bits per heavy atom. The van der Waals surface area contributed by atoms with E-state index in [2.05, 4.69) is 15.9 Å². The lowest BCUT2D eigenvalue weighted by molar-refractivity contribution is -0.152. The number of thiophene rings is 1. The van der Waals surface area contributed by atoms with Crippen LogP contribution in [0.3, 0.4) is 0 Å². The first-order chi connectivity index (χ1) is 9.50. The van der Waals surface area contributed by atoms with Gasteiger partial charge in [0.1, 0.15) is 4.88 Å². The van der Waals surface area contributed by atoms with E-state index in [0.29, 0.717) is 30.8 Å². The van der Waals surface area contributed by atoms with Crippen LogP contribution < -0.4 is 0 Å². The van der Waals surface area contributed by atoms with Crippen molar-refractivity contribution in [3.05, 3.63) is 20.8 Å². The average Bonchev–Trinajstić information content (AvgIpc) is 2.84. The molecule has 1 aliphatic rings. The SMILES string of the molecule is CCCC1(C(=O)O)CCCN(C(=O)c2sccc2Br)C1. The predicted octanol–water partition coefficient (Wildman–Crippen LogP) is 3.62. The molecule has 1 unspecified atom stereocenters. The number of amides is 1. The number of carbonyl (C=O) groups excluding carboxylic acids is 1. The molecular formula is C14H18BrNO3S. The van der Waals surface area contributed by atoms with Crippen molar-refractivity contribution in [1.82, 2.24) is 4.90 Å². The molecule has 20 heavy (non-hydrogen) atoms. The van der Waals surface area contributed by atoms with Gasteiger partial charge in [0.2, 0.25) is 0 Å². The molecule has 0 aromatic carbocycles. The van der Waals surface area contributed by atoms with E-state index in [1.807, 2.05) is 18.4 Å². The zero-order valence-corrected chi connectivity index (χ0v) is 13.8. The predicted molar refractivity (Wildman–Crippen MR) is 82.1 cm³/mol.